The zero-order valence-electron chi connectivity index (χ0n) is 31.7. The summed E-state index contributed by atoms with van der Waals surface area (Å²) in [5.41, 5.74) is 6.32. The maximum absolute atomic E-state index is 12.6. The average molecular weight is 905 g/mol. The van der Waals surface area contributed by atoms with Gasteiger partial charge in [-0.1, -0.05) is 48.6 Å². The summed E-state index contributed by atoms with van der Waals surface area (Å²) in [6, 6.07) is 31.7. The van der Waals surface area contributed by atoms with E-state index in [1.54, 1.807) is 29.1 Å². The Morgan fingerprint density at radius 1 is 0.532 bits per heavy atom. The molecule has 0 radical (unpaired) electrons. The molecule has 0 fully saturated rings. The minimum Gasteiger partial charge on any atom is -0.282 e. The van der Waals surface area contributed by atoms with Crippen molar-refractivity contribution in [1.82, 2.24) is 28.1 Å². The lowest BCUT2D eigenvalue weighted by Gasteiger charge is -2.07. The zero-order chi connectivity index (χ0) is 43.2. The third-order valence-corrected chi connectivity index (χ3v) is 13.9. The molecule has 0 aliphatic heterocycles. The zero-order valence-corrected chi connectivity index (χ0v) is 35.0. The smallest absolute Gasteiger partial charge is 0.282 e. The third kappa shape index (κ3) is 5.96. The fourth-order valence-electron chi connectivity index (χ4n) is 7.98. The molecule has 4 heterocycles. The second-order valence-electron chi connectivity index (χ2n) is 14.8. The Bertz CT molecular complexity index is 4110. The summed E-state index contributed by atoms with van der Waals surface area (Å²) in [6.07, 6.45) is 2.64. The van der Waals surface area contributed by atoms with E-state index in [4.69, 9.17) is 0 Å². The van der Waals surface area contributed by atoms with Crippen molar-refractivity contribution in [1.29, 1.82) is 0 Å². The van der Waals surface area contributed by atoms with Gasteiger partial charge in [0.15, 0.2) is 0 Å². The van der Waals surface area contributed by atoms with Gasteiger partial charge in [-0.25, -0.2) is 0 Å². The standard InChI is InChI=1S/C41H28N8O9S4/c1-23-18-29(44-46-37-17-7-27-20-32(60(50,51)52)12-14-34(27)41(37)48(44)46)10-15-35(23)43-42-28-8-4-24(38(21-28)61(53,54)55)2-3-25-5-9-30(22-39(25)62(56,57)58)45-47-36-16-6-26-19-31(59)11-13-33(26)40(36)49(45)47/h2-22,59H,1H3,(H,50,51,52)(H,53,54,55)(H,56,57,58)/b3-2-,43-42?. The van der Waals surface area contributed by atoms with Crippen molar-refractivity contribution in [3.05, 3.63) is 132 Å². The monoisotopic (exact) mass is 904 g/mol. The highest BCUT2D eigenvalue weighted by Gasteiger charge is 2.29. The number of nitrogens with zero attached hydrogens (tertiary/aromatic N) is 8. The molecule has 0 bridgehead atoms. The van der Waals surface area contributed by atoms with Crippen LogP contribution in [0, 0.1) is 6.92 Å². The molecule has 0 aliphatic carbocycles. The quantitative estimate of drug-likeness (QED) is 0.0473. The number of benzene rings is 7. The number of thiol groups is 1. The SMILES string of the molecule is Cc1cc(-n2n3c4ccc5cc(S(=O)(=O)O)ccc5c4n23)ccc1N=Nc1ccc(/C=C\c2ccc(-n3n4c5ccc6cc(S)ccc6c5n34)cc2S(=O)(=O)O)c(S(=O)(=O)O)c1. The van der Waals surface area contributed by atoms with Crippen LogP contribution in [0.3, 0.4) is 0 Å². The summed E-state index contributed by atoms with van der Waals surface area (Å²) in [6.45, 7) is 1.83. The molecular weight excluding hydrogens is 877 g/mol. The van der Waals surface area contributed by atoms with Crippen LogP contribution in [0.5, 0.6) is 0 Å². The van der Waals surface area contributed by atoms with Crippen LogP contribution in [-0.2, 0) is 30.4 Å². The lowest BCUT2D eigenvalue weighted by molar-refractivity contribution is 0.480. The Morgan fingerprint density at radius 3 is 1.68 bits per heavy atom. The largest absolute Gasteiger partial charge is 0.295 e. The van der Waals surface area contributed by atoms with E-state index in [9.17, 15) is 38.9 Å². The van der Waals surface area contributed by atoms with Gasteiger partial charge in [0.1, 0.15) is 31.9 Å². The Balaban J connectivity index is 0.863. The lowest BCUT2D eigenvalue weighted by Crippen LogP contribution is -2.03. The first-order valence-corrected chi connectivity index (χ1v) is 23.3. The molecule has 7 aromatic carbocycles. The molecule has 0 saturated carbocycles. The van der Waals surface area contributed by atoms with Crippen LogP contribution >= 0.6 is 12.6 Å². The number of azo groups is 1. The molecule has 0 unspecified atom stereocenters. The van der Waals surface area contributed by atoms with Crippen LogP contribution in [0.15, 0.2) is 145 Å². The van der Waals surface area contributed by atoms with Crippen molar-refractivity contribution < 1.29 is 38.9 Å². The molecule has 0 saturated heterocycles. The number of fused-ring (bicyclic) bond motifs is 12. The van der Waals surface area contributed by atoms with Gasteiger partial charge in [-0.15, -0.1) is 31.1 Å². The molecule has 3 N–H and O–H groups in total. The summed E-state index contributed by atoms with van der Waals surface area (Å²) < 4.78 is 111. The fourth-order valence-corrected chi connectivity index (χ4v) is 10.1. The van der Waals surface area contributed by atoms with Crippen molar-refractivity contribution in [3.63, 3.8) is 0 Å². The van der Waals surface area contributed by atoms with E-state index >= 15 is 0 Å². The van der Waals surface area contributed by atoms with Gasteiger partial charge in [0, 0.05) is 15.7 Å². The first-order chi connectivity index (χ1) is 29.5. The van der Waals surface area contributed by atoms with Crippen LogP contribution in [0.2, 0.25) is 0 Å². The minimum atomic E-state index is -4.80. The van der Waals surface area contributed by atoms with Crippen molar-refractivity contribution in [3.8, 4) is 11.4 Å². The predicted molar refractivity (Wildman–Crippen MR) is 234 cm³/mol. The molecule has 4 aromatic heterocycles. The number of hydrogen-bond acceptors (Lipinski definition) is 9. The van der Waals surface area contributed by atoms with Gasteiger partial charge in [0.05, 0.1) is 27.6 Å². The minimum absolute atomic E-state index is 0.0241. The van der Waals surface area contributed by atoms with Crippen molar-refractivity contribution in [2.75, 3.05) is 0 Å². The van der Waals surface area contributed by atoms with Gasteiger partial charge < -0.3 is 0 Å². The summed E-state index contributed by atoms with van der Waals surface area (Å²) in [5, 5.41) is 12.0. The number of aryl methyl sites for hydroxylation is 1. The molecule has 17 nitrogen and oxygen atoms in total. The molecule has 0 amide bonds. The van der Waals surface area contributed by atoms with E-state index in [1.807, 2.05) is 78.8 Å². The average Bonchev–Trinajstić information content (AvgIpc) is 4.08. The molecule has 310 valence electrons. The second-order valence-corrected chi connectivity index (χ2v) is 19.5. The van der Waals surface area contributed by atoms with E-state index in [-0.39, 0.29) is 21.7 Å². The summed E-state index contributed by atoms with van der Waals surface area (Å²) >= 11 is 4.43. The first-order valence-electron chi connectivity index (χ1n) is 18.5. The van der Waals surface area contributed by atoms with Gasteiger partial charge in [-0.3, -0.25) is 13.7 Å². The molecule has 11 aromatic rings. The van der Waals surface area contributed by atoms with E-state index in [0.29, 0.717) is 16.8 Å². The Kier molecular flexibility index (Phi) is 7.95. The summed E-state index contributed by atoms with van der Waals surface area (Å²) in [5.74, 6) is 0. The molecule has 0 spiro atoms. The number of aromatic nitrogens is 6. The maximum atomic E-state index is 12.6. The predicted octanol–water partition coefficient (Wildman–Crippen LogP) is 8.38. The Hall–Kier alpha value is -6.72. The van der Waals surface area contributed by atoms with Crippen LogP contribution in [-0.4, -0.2) is 67.0 Å². The number of rotatable bonds is 9. The van der Waals surface area contributed by atoms with Crippen molar-refractivity contribution >= 4 is 110 Å². The van der Waals surface area contributed by atoms with E-state index in [0.717, 1.165) is 60.4 Å². The molecule has 11 rings (SSSR count). The Morgan fingerprint density at radius 2 is 1.08 bits per heavy atom. The molecule has 0 aliphatic rings. The topological polar surface area (TPSA) is 215 Å². The second kappa shape index (κ2) is 12.9. The van der Waals surface area contributed by atoms with Crippen molar-refractivity contribution in [2.24, 2.45) is 10.2 Å². The first kappa shape index (κ1) is 38.2. The highest BCUT2D eigenvalue weighted by atomic mass is 32.2. The van der Waals surface area contributed by atoms with Crippen LogP contribution in [0.1, 0.15) is 16.7 Å². The van der Waals surface area contributed by atoms with Crippen LogP contribution in [0.25, 0.3) is 67.1 Å². The summed E-state index contributed by atoms with van der Waals surface area (Å²) in [7, 11) is -13.9. The fraction of sp³-hybridized carbons (Fsp3) is 0.0244. The van der Waals surface area contributed by atoms with Crippen LogP contribution < -0.4 is 0 Å². The highest BCUT2D eigenvalue weighted by Crippen LogP contribution is 2.37. The lowest BCUT2D eigenvalue weighted by atomic mass is 10.1. The van der Waals surface area contributed by atoms with E-state index in [1.165, 1.54) is 48.6 Å². The highest BCUT2D eigenvalue weighted by molar-refractivity contribution is 7.86. The Labute approximate surface area is 355 Å². The third-order valence-electron chi connectivity index (χ3n) is 10.9. The van der Waals surface area contributed by atoms with Gasteiger partial charge in [-0.05, 0) is 113 Å². The molecule has 62 heavy (non-hydrogen) atoms. The van der Waals surface area contributed by atoms with E-state index < -0.39 is 40.1 Å². The van der Waals surface area contributed by atoms with Crippen molar-refractivity contribution in [2.45, 2.75) is 26.5 Å². The maximum Gasteiger partial charge on any atom is 0.295 e. The molecular formula is C41H28N8O9S4. The molecule has 21 heteroatoms. The summed E-state index contributed by atoms with van der Waals surface area (Å²) in [4.78, 5) is 3.38. The normalized spacial score (nSPS) is 13.5. The van der Waals surface area contributed by atoms with Gasteiger partial charge in [0.2, 0.25) is 0 Å². The molecule has 0 atom stereocenters. The van der Waals surface area contributed by atoms with E-state index in [2.05, 4.69) is 22.9 Å². The van der Waals surface area contributed by atoms with Crippen LogP contribution in [0.4, 0.5) is 11.4 Å². The van der Waals surface area contributed by atoms with Gasteiger partial charge in [-0.2, -0.15) is 45.1 Å². The van der Waals surface area contributed by atoms with Gasteiger partial charge >= 0.3 is 0 Å². The number of hydrogen-bond donors (Lipinski definition) is 4. The van der Waals surface area contributed by atoms with Gasteiger partial charge in [0.25, 0.3) is 30.4 Å².